The van der Waals surface area contributed by atoms with E-state index in [9.17, 15) is 28.2 Å². The van der Waals surface area contributed by atoms with E-state index >= 15 is 0 Å². The number of pyridine rings is 1. The number of aliphatic hydroxyl groups is 1. The molecule has 0 aliphatic carbocycles. The van der Waals surface area contributed by atoms with Gasteiger partial charge in [0.15, 0.2) is 0 Å². The van der Waals surface area contributed by atoms with Crippen LogP contribution >= 0.6 is 11.6 Å². The monoisotopic (exact) mass is 546 g/mol. The lowest BCUT2D eigenvalue weighted by molar-refractivity contribution is -0.153. The highest BCUT2D eigenvalue weighted by Gasteiger charge is 2.41. The molecule has 200 valence electrons. The third-order valence-corrected chi connectivity index (χ3v) is 7.39. The lowest BCUT2D eigenvalue weighted by atomic mass is 9.74. The second-order valence-corrected chi connectivity index (χ2v) is 9.77. The van der Waals surface area contributed by atoms with E-state index in [4.69, 9.17) is 16.3 Å². The molecule has 0 amide bonds. The molecular weight excluding hydrogens is 521 g/mol. The number of ether oxygens (including phenoxy) is 1. The van der Waals surface area contributed by atoms with Crippen molar-refractivity contribution in [2.45, 2.75) is 31.8 Å². The van der Waals surface area contributed by atoms with Crippen LogP contribution < -0.4 is 4.74 Å². The highest BCUT2D eigenvalue weighted by Crippen LogP contribution is 2.41. The second-order valence-electron chi connectivity index (χ2n) is 9.37. The molecule has 10 heteroatoms. The Morgan fingerprint density at radius 3 is 2.53 bits per heavy atom. The molecule has 6 nitrogen and oxygen atoms in total. The van der Waals surface area contributed by atoms with Gasteiger partial charge in [-0.2, -0.15) is 0 Å². The molecule has 0 saturated carbocycles. The number of piperidine rings is 1. The van der Waals surface area contributed by atoms with Crippen molar-refractivity contribution in [1.82, 2.24) is 9.88 Å². The lowest BCUT2D eigenvalue weighted by Gasteiger charge is -2.38. The van der Waals surface area contributed by atoms with Crippen LogP contribution in [0.15, 0.2) is 36.5 Å². The van der Waals surface area contributed by atoms with Crippen LogP contribution in [0.25, 0.3) is 10.9 Å². The van der Waals surface area contributed by atoms with Gasteiger partial charge in [-0.25, -0.2) is 13.2 Å². The van der Waals surface area contributed by atoms with Gasteiger partial charge in [0.1, 0.15) is 23.2 Å². The summed E-state index contributed by atoms with van der Waals surface area (Å²) in [5.41, 5.74) is -0.444. The number of aliphatic hydroxyl groups excluding tert-OH is 1. The topological polar surface area (TPSA) is 82.9 Å². The number of aromatic nitrogens is 1. The van der Waals surface area contributed by atoms with Gasteiger partial charge in [-0.1, -0.05) is 23.4 Å². The maximum absolute atomic E-state index is 13.8. The predicted molar refractivity (Wildman–Crippen MR) is 136 cm³/mol. The number of halogens is 4. The van der Waals surface area contributed by atoms with E-state index in [1.54, 1.807) is 18.2 Å². The summed E-state index contributed by atoms with van der Waals surface area (Å²) in [4.78, 5) is 18.5. The number of hydrogen-bond donors (Lipinski definition) is 2. The SMILES string of the molecule is COc1ccc2ncc(Cl)c(C(O)CCC3(C(=O)O)CCN(CC#Cc4c(F)cc(F)cc4F)CC3)c2c1. The van der Waals surface area contributed by atoms with E-state index < -0.39 is 40.5 Å². The van der Waals surface area contributed by atoms with Crippen LogP contribution in [0.4, 0.5) is 13.2 Å². The zero-order chi connectivity index (χ0) is 27.4. The van der Waals surface area contributed by atoms with Gasteiger partial charge in [-0.3, -0.25) is 14.7 Å². The van der Waals surface area contributed by atoms with Crippen LogP contribution in [0.1, 0.15) is 42.9 Å². The van der Waals surface area contributed by atoms with E-state index in [-0.39, 0.29) is 24.4 Å². The maximum atomic E-state index is 13.8. The van der Waals surface area contributed by atoms with Gasteiger partial charge in [0.25, 0.3) is 0 Å². The highest BCUT2D eigenvalue weighted by molar-refractivity contribution is 6.32. The lowest BCUT2D eigenvalue weighted by Crippen LogP contribution is -2.44. The third-order valence-electron chi connectivity index (χ3n) is 7.09. The summed E-state index contributed by atoms with van der Waals surface area (Å²) in [6.45, 7) is 0.984. The molecular formula is C28H26ClF3N2O4. The van der Waals surface area contributed by atoms with Crippen molar-refractivity contribution >= 4 is 28.5 Å². The Kier molecular flexibility index (Phi) is 8.46. The molecule has 1 unspecified atom stereocenters. The number of methoxy groups -OCH3 is 1. The quantitative estimate of drug-likeness (QED) is 0.389. The van der Waals surface area contributed by atoms with E-state index in [1.807, 2.05) is 4.90 Å². The van der Waals surface area contributed by atoms with Crippen molar-refractivity contribution in [2.75, 3.05) is 26.7 Å². The largest absolute Gasteiger partial charge is 0.497 e. The van der Waals surface area contributed by atoms with Gasteiger partial charge in [-0.15, -0.1) is 0 Å². The fraction of sp³-hybridized carbons (Fsp3) is 0.357. The van der Waals surface area contributed by atoms with Crippen LogP contribution in [0.3, 0.4) is 0 Å². The number of carboxylic acid groups (broad SMARTS) is 1. The van der Waals surface area contributed by atoms with Crippen molar-refractivity contribution < 1.29 is 32.9 Å². The van der Waals surface area contributed by atoms with Gasteiger partial charge in [0.05, 0.1) is 41.3 Å². The van der Waals surface area contributed by atoms with Crippen molar-refractivity contribution in [3.63, 3.8) is 0 Å². The first-order valence-electron chi connectivity index (χ1n) is 12.0. The summed E-state index contributed by atoms with van der Waals surface area (Å²) in [5.74, 6) is 1.56. The number of benzene rings is 2. The Balaban J connectivity index is 1.42. The van der Waals surface area contributed by atoms with Crippen LogP contribution in [0.2, 0.25) is 5.02 Å². The number of carbonyl (C=O) groups is 1. The summed E-state index contributed by atoms with van der Waals surface area (Å²) >= 11 is 6.39. The second kappa shape index (κ2) is 11.6. The highest BCUT2D eigenvalue weighted by atomic mass is 35.5. The average molecular weight is 547 g/mol. The van der Waals surface area contributed by atoms with Crippen LogP contribution in [-0.2, 0) is 4.79 Å². The Morgan fingerprint density at radius 1 is 1.21 bits per heavy atom. The molecule has 2 N–H and O–H groups in total. The summed E-state index contributed by atoms with van der Waals surface area (Å²) in [6, 6.07) is 6.40. The van der Waals surface area contributed by atoms with E-state index in [1.165, 1.54) is 13.3 Å². The molecule has 3 aromatic rings. The van der Waals surface area contributed by atoms with Crippen molar-refractivity contribution in [3.8, 4) is 17.6 Å². The molecule has 4 rings (SSSR count). The molecule has 0 radical (unpaired) electrons. The minimum Gasteiger partial charge on any atom is -0.497 e. The molecule has 38 heavy (non-hydrogen) atoms. The fourth-order valence-electron chi connectivity index (χ4n) is 4.80. The summed E-state index contributed by atoms with van der Waals surface area (Å²) < 4.78 is 45.9. The van der Waals surface area contributed by atoms with Crippen molar-refractivity contribution in [3.05, 3.63) is 70.1 Å². The predicted octanol–water partition coefficient (Wildman–Crippen LogP) is 5.35. The Labute approximate surface area is 223 Å². The molecule has 1 fully saturated rings. The molecule has 2 heterocycles. The molecule has 1 atom stereocenters. The molecule has 2 aromatic carbocycles. The number of fused-ring (bicyclic) bond motifs is 1. The minimum atomic E-state index is -1.07. The van der Waals surface area contributed by atoms with Crippen molar-refractivity contribution in [1.29, 1.82) is 0 Å². The van der Waals surface area contributed by atoms with E-state index in [0.717, 1.165) is 0 Å². The smallest absolute Gasteiger partial charge is 0.309 e. The number of aliphatic carboxylic acids is 1. The zero-order valence-electron chi connectivity index (χ0n) is 20.6. The van der Waals surface area contributed by atoms with Gasteiger partial charge < -0.3 is 14.9 Å². The summed E-state index contributed by atoms with van der Waals surface area (Å²) in [7, 11) is 1.53. The average Bonchev–Trinajstić information content (AvgIpc) is 2.89. The number of rotatable bonds is 7. The van der Waals surface area contributed by atoms with Crippen molar-refractivity contribution in [2.24, 2.45) is 5.41 Å². The van der Waals surface area contributed by atoms with Gasteiger partial charge >= 0.3 is 5.97 Å². The van der Waals surface area contributed by atoms with Crippen LogP contribution in [0.5, 0.6) is 5.75 Å². The van der Waals surface area contributed by atoms with Crippen LogP contribution in [-0.4, -0.2) is 52.8 Å². The van der Waals surface area contributed by atoms with Crippen LogP contribution in [0, 0.1) is 34.7 Å². The minimum absolute atomic E-state index is 0.172. The van der Waals surface area contributed by atoms with Gasteiger partial charge in [-0.05, 0) is 43.9 Å². The first-order chi connectivity index (χ1) is 18.1. The standard InChI is InChI=1S/C28H26ClF3N2O4/c1-38-18-4-5-24-20(15-18)26(21(29)16-33-24)25(35)6-7-28(27(36)37)8-11-34(12-9-28)10-2-3-19-22(31)13-17(30)14-23(19)32/h4-5,13-16,25,35H,6-12H2,1H3,(H,36,37). The number of carboxylic acids is 1. The summed E-state index contributed by atoms with van der Waals surface area (Å²) in [5, 5.41) is 22.1. The Morgan fingerprint density at radius 2 is 1.89 bits per heavy atom. The number of hydrogen-bond acceptors (Lipinski definition) is 5. The molecule has 1 saturated heterocycles. The molecule has 0 spiro atoms. The first-order valence-corrected chi connectivity index (χ1v) is 12.4. The number of likely N-dealkylation sites (tertiary alicyclic amines) is 1. The van der Waals surface area contributed by atoms with E-state index in [2.05, 4.69) is 16.8 Å². The molecule has 0 bridgehead atoms. The Bertz CT molecular complexity index is 1390. The van der Waals surface area contributed by atoms with E-state index in [0.29, 0.717) is 60.3 Å². The summed E-state index contributed by atoms with van der Waals surface area (Å²) in [6.07, 6.45) is 1.47. The fourth-order valence-corrected chi connectivity index (χ4v) is 5.08. The first kappa shape index (κ1) is 27.7. The molecule has 1 aromatic heterocycles. The van der Waals surface area contributed by atoms with Gasteiger partial charge in [0.2, 0.25) is 0 Å². The zero-order valence-corrected chi connectivity index (χ0v) is 21.4. The third kappa shape index (κ3) is 5.88. The normalized spacial score (nSPS) is 16.1. The number of nitrogens with zero attached hydrogens (tertiary/aromatic N) is 2. The molecule has 1 aliphatic heterocycles. The maximum Gasteiger partial charge on any atom is 0.309 e. The van der Waals surface area contributed by atoms with Gasteiger partial charge in [0, 0.05) is 42.4 Å². The molecule has 1 aliphatic rings. The Hall–Kier alpha value is -3.32.